The monoisotopic (exact) mass is 478 g/mol. The summed E-state index contributed by atoms with van der Waals surface area (Å²) in [6.45, 7) is 8.13. The first-order valence-corrected chi connectivity index (χ1v) is 10.6. The first-order valence-electron chi connectivity index (χ1n) is 10.6. The minimum Gasteiger partial charge on any atom is -0.351 e. The summed E-state index contributed by atoms with van der Waals surface area (Å²) in [4.78, 5) is 17.9. The van der Waals surface area contributed by atoms with Gasteiger partial charge in [0.25, 0.3) is 0 Å². The number of carbonyl (C=O) groups is 1. The van der Waals surface area contributed by atoms with Crippen molar-refractivity contribution in [2.24, 2.45) is 11.3 Å². The van der Waals surface area contributed by atoms with Crippen LogP contribution in [0, 0.1) is 11.3 Å². The van der Waals surface area contributed by atoms with Crippen molar-refractivity contribution >= 4 is 43.1 Å². The van der Waals surface area contributed by atoms with Gasteiger partial charge in [-0.25, -0.2) is 0 Å². The fraction of sp³-hybridized carbons (Fsp3) is 0.682. The van der Waals surface area contributed by atoms with Crippen LogP contribution in [0.4, 0.5) is 0 Å². The molecule has 2 atom stereocenters. The normalized spacial score (nSPS) is 26.5. The molecule has 0 unspecified atom stereocenters. The Kier molecular flexibility index (Phi) is 11.4. The second-order valence-electron chi connectivity index (χ2n) is 8.81. The second kappa shape index (κ2) is 12.5. The molecule has 1 amide bonds. The van der Waals surface area contributed by atoms with E-state index in [9.17, 15) is 4.79 Å². The Hall–Kier alpha value is -0.560. The molecule has 3 fully saturated rings. The zero-order chi connectivity index (χ0) is 18.7. The van der Waals surface area contributed by atoms with Crippen molar-refractivity contribution in [1.29, 1.82) is 0 Å². The minimum absolute atomic E-state index is 0. The van der Waals surface area contributed by atoms with Crippen LogP contribution in [0.3, 0.4) is 0 Å². The van der Waals surface area contributed by atoms with Crippen LogP contribution >= 0.6 is 37.2 Å². The minimum atomic E-state index is -0.153. The highest BCUT2D eigenvalue weighted by Crippen LogP contribution is 2.43. The first kappa shape index (κ1) is 27.5. The number of benzene rings is 1. The Morgan fingerprint density at radius 1 is 1.07 bits per heavy atom. The molecule has 0 aromatic heterocycles. The topological polar surface area (TPSA) is 47.6 Å². The summed E-state index contributed by atoms with van der Waals surface area (Å²) in [7, 11) is 2.19. The molecule has 5 nitrogen and oxygen atoms in total. The molecule has 1 aromatic carbocycles. The van der Waals surface area contributed by atoms with E-state index in [-0.39, 0.29) is 48.5 Å². The Morgan fingerprint density at radius 2 is 1.73 bits per heavy atom. The van der Waals surface area contributed by atoms with Crippen molar-refractivity contribution in [3.8, 4) is 0 Å². The molecule has 30 heavy (non-hydrogen) atoms. The first-order chi connectivity index (χ1) is 13.2. The third-order valence-corrected chi connectivity index (χ3v) is 6.97. The van der Waals surface area contributed by atoms with E-state index in [0.717, 1.165) is 52.2 Å². The van der Waals surface area contributed by atoms with E-state index >= 15 is 0 Å². The number of nitrogens with one attached hydrogen (secondary N) is 2. The highest BCUT2D eigenvalue weighted by atomic mass is 35.5. The Balaban J connectivity index is 0.00000150. The van der Waals surface area contributed by atoms with Gasteiger partial charge in [0.1, 0.15) is 0 Å². The molecule has 0 bridgehead atoms. The maximum absolute atomic E-state index is 13.0. The van der Waals surface area contributed by atoms with Crippen LogP contribution in [0.1, 0.15) is 36.8 Å². The molecule has 2 aliphatic heterocycles. The lowest BCUT2D eigenvalue weighted by molar-refractivity contribution is -0.134. The fourth-order valence-electron chi connectivity index (χ4n) is 5.08. The van der Waals surface area contributed by atoms with Crippen LogP contribution in [0.2, 0.25) is 0 Å². The smallest absolute Gasteiger partial charge is 0.228 e. The number of hydrogen-bond donors (Lipinski definition) is 2. The van der Waals surface area contributed by atoms with Crippen molar-refractivity contribution in [1.82, 2.24) is 20.4 Å². The van der Waals surface area contributed by atoms with Gasteiger partial charge in [0.05, 0.1) is 5.41 Å². The van der Waals surface area contributed by atoms with Gasteiger partial charge in [0, 0.05) is 45.8 Å². The number of hydrogen-bond acceptors (Lipinski definition) is 4. The zero-order valence-electron chi connectivity index (χ0n) is 17.9. The lowest BCUT2D eigenvalue weighted by Crippen LogP contribution is -2.47. The number of halogens is 3. The van der Waals surface area contributed by atoms with Crippen LogP contribution < -0.4 is 10.6 Å². The van der Waals surface area contributed by atoms with Crippen molar-refractivity contribution in [3.63, 3.8) is 0 Å². The number of piperazine rings is 1. The lowest BCUT2D eigenvalue weighted by Gasteiger charge is -2.37. The number of rotatable bonds is 5. The quantitative estimate of drug-likeness (QED) is 0.681. The average molecular weight is 480 g/mol. The van der Waals surface area contributed by atoms with Gasteiger partial charge >= 0.3 is 0 Å². The number of carbonyl (C=O) groups excluding carboxylic acids is 1. The van der Waals surface area contributed by atoms with Crippen molar-refractivity contribution in [2.45, 2.75) is 38.8 Å². The summed E-state index contributed by atoms with van der Waals surface area (Å²) in [5.41, 5.74) is 2.40. The van der Waals surface area contributed by atoms with Crippen molar-refractivity contribution in [2.75, 3.05) is 46.3 Å². The fourth-order valence-corrected chi connectivity index (χ4v) is 5.08. The summed E-state index contributed by atoms with van der Waals surface area (Å²) in [6.07, 6.45) is 4.70. The predicted molar refractivity (Wildman–Crippen MR) is 130 cm³/mol. The molecule has 0 spiro atoms. The largest absolute Gasteiger partial charge is 0.351 e. The molecule has 2 saturated heterocycles. The van der Waals surface area contributed by atoms with E-state index in [1.165, 1.54) is 30.4 Å². The Morgan fingerprint density at radius 3 is 2.43 bits per heavy atom. The van der Waals surface area contributed by atoms with Crippen molar-refractivity contribution in [3.05, 3.63) is 35.4 Å². The standard InChI is InChI=1S/C22H34N4O.3ClH/c1-25-10-12-26(13-11-25)16-19-7-5-18(6-8-19)14-24-21(27)22-9-3-2-4-20(22)15-23-17-22;;;/h5-8,20,23H,2-4,9-17H2,1H3,(H,24,27);3*1H/t20-,22+;;;/m0.../s1. The van der Waals surface area contributed by atoms with E-state index in [1.807, 2.05) is 0 Å². The summed E-state index contributed by atoms with van der Waals surface area (Å²) < 4.78 is 0. The van der Waals surface area contributed by atoms with Gasteiger partial charge in [0.2, 0.25) is 5.91 Å². The Labute approximate surface area is 199 Å². The van der Waals surface area contributed by atoms with E-state index < -0.39 is 0 Å². The molecular formula is C22H37Cl3N4O. The van der Waals surface area contributed by atoms with Gasteiger partial charge in [-0.05, 0) is 43.5 Å². The number of fused-ring (bicyclic) bond motifs is 1. The van der Waals surface area contributed by atoms with Gasteiger partial charge < -0.3 is 15.5 Å². The molecule has 1 aromatic rings. The molecule has 2 N–H and O–H groups in total. The lowest BCUT2D eigenvalue weighted by atomic mass is 9.67. The third-order valence-electron chi connectivity index (χ3n) is 6.97. The summed E-state index contributed by atoms with van der Waals surface area (Å²) in [5, 5.41) is 6.71. The molecule has 2 heterocycles. The SMILES string of the molecule is CN1CCN(Cc2ccc(CNC(=O)[C@@]34CCCC[C@H]3CNC4)cc2)CC1.Cl.Cl.Cl. The number of likely N-dealkylation sites (N-methyl/N-ethyl adjacent to an activating group) is 1. The van der Waals surface area contributed by atoms with E-state index in [4.69, 9.17) is 0 Å². The van der Waals surface area contributed by atoms with E-state index in [1.54, 1.807) is 0 Å². The highest BCUT2D eigenvalue weighted by Gasteiger charge is 2.49. The van der Waals surface area contributed by atoms with Crippen LogP contribution in [-0.2, 0) is 17.9 Å². The molecule has 1 saturated carbocycles. The average Bonchev–Trinajstić information content (AvgIpc) is 3.14. The summed E-state index contributed by atoms with van der Waals surface area (Å²) in [5.74, 6) is 0.788. The molecule has 1 aliphatic carbocycles. The van der Waals surface area contributed by atoms with E-state index in [0.29, 0.717) is 12.5 Å². The zero-order valence-corrected chi connectivity index (χ0v) is 20.3. The van der Waals surface area contributed by atoms with Crippen LogP contribution in [0.5, 0.6) is 0 Å². The van der Waals surface area contributed by atoms with Crippen LogP contribution in [-0.4, -0.2) is 62.0 Å². The van der Waals surface area contributed by atoms with E-state index in [2.05, 4.69) is 51.7 Å². The van der Waals surface area contributed by atoms with Crippen molar-refractivity contribution < 1.29 is 4.79 Å². The van der Waals surface area contributed by atoms with Gasteiger partial charge in [-0.2, -0.15) is 0 Å². The molecular weight excluding hydrogens is 443 g/mol. The van der Waals surface area contributed by atoms with Gasteiger partial charge in [-0.3, -0.25) is 9.69 Å². The molecule has 0 radical (unpaired) electrons. The molecule has 172 valence electrons. The van der Waals surface area contributed by atoms with Crippen LogP contribution in [0.15, 0.2) is 24.3 Å². The van der Waals surface area contributed by atoms with Crippen LogP contribution in [0.25, 0.3) is 0 Å². The summed E-state index contributed by atoms with van der Waals surface area (Å²) >= 11 is 0. The highest BCUT2D eigenvalue weighted by molar-refractivity contribution is 5.86. The maximum atomic E-state index is 13.0. The molecule has 4 rings (SSSR count). The number of amides is 1. The maximum Gasteiger partial charge on any atom is 0.228 e. The second-order valence-corrected chi connectivity index (χ2v) is 8.81. The molecule has 3 aliphatic rings. The predicted octanol–water partition coefficient (Wildman–Crippen LogP) is 3.10. The van der Waals surface area contributed by atoms with Gasteiger partial charge in [-0.1, -0.05) is 37.1 Å². The van der Waals surface area contributed by atoms with Gasteiger partial charge in [0.15, 0.2) is 0 Å². The Bertz CT molecular complexity index is 652. The molecule has 8 heteroatoms. The third kappa shape index (κ3) is 6.24. The number of nitrogens with zero attached hydrogens (tertiary/aromatic N) is 2. The van der Waals surface area contributed by atoms with Gasteiger partial charge in [-0.15, -0.1) is 37.2 Å². The summed E-state index contributed by atoms with van der Waals surface area (Å²) in [6, 6.07) is 8.79.